The number of sulfonamides is 1. The van der Waals surface area contributed by atoms with Crippen molar-refractivity contribution in [3.05, 3.63) is 40.7 Å². The quantitative estimate of drug-likeness (QED) is 0.612. The van der Waals surface area contributed by atoms with Crippen molar-refractivity contribution in [2.75, 3.05) is 10.8 Å². The first-order valence-corrected chi connectivity index (χ1v) is 7.60. The first kappa shape index (κ1) is 13.5. The van der Waals surface area contributed by atoms with Gasteiger partial charge in [-0.25, -0.2) is 17.4 Å². The van der Waals surface area contributed by atoms with Gasteiger partial charge in [0.15, 0.2) is 4.90 Å². The average molecular weight is 309 g/mol. The minimum absolute atomic E-state index is 0.180. The van der Waals surface area contributed by atoms with Gasteiger partial charge < -0.3 is 0 Å². The zero-order valence-electron chi connectivity index (χ0n) is 10.8. The van der Waals surface area contributed by atoms with Crippen LogP contribution in [-0.2, 0) is 16.6 Å². The summed E-state index contributed by atoms with van der Waals surface area (Å²) in [6.45, 7) is 0.783. The molecule has 3 rings (SSSR count). The number of hydrogen-bond donors (Lipinski definition) is 0. The van der Waals surface area contributed by atoms with Gasteiger partial charge in [0.25, 0.3) is 15.7 Å². The number of hydrogen-bond acceptors (Lipinski definition) is 6. The van der Waals surface area contributed by atoms with E-state index in [2.05, 4.69) is 10.1 Å². The van der Waals surface area contributed by atoms with E-state index in [1.807, 2.05) is 0 Å². The van der Waals surface area contributed by atoms with Crippen LogP contribution in [0.1, 0.15) is 6.42 Å². The van der Waals surface area contributed by atoms with Gasteiger partial charge in [0.1, 0.15) is 6.33 Å². The molecule has 1 aromatic carbocycles. The molecule has 110 valence electrons. The highest BCUT2D eigenvalue weighted by Crippen LogP contribution is 2.30. The number of aromatic nitrogens is 3. The molecule has 1 aromatic heterocycles. The van der Waals surface area contributed by atoms with Crippen LogP contribution in [0.25, 0.3) is 0 Å². The molecule has 1 aliphatic rings. The Morgan fingerprint density at radius 2 is 2.00 bits per heavy atom. The van der Waals surface area contributed by atoms with E-state index in [1.54, 1.807) is 0 Å². The van der Waals surface area contributed by atoms with Crippen LogP contribution in [0.5, 0.6) is 0 Å². The maximum absolute atomic E-state index is 12.7. The van der Waals surface area contributed by atoms with Crippen molar-refractivity contribution < 1.29 is 13.3 Å². The van der Waals surface area contributed by atoms with Crippen LogP contribution >= 0.6 is 0 Å². The Labute approximate surface area is 120 Å². The molecule has 21 heavy (non-hydrogen) atoms. The van der Waals surface area contributed by atoms with Crippen molar-refractivity contribution in [2.24, 2.45) is 0 Å². The summed E-state index contributed by atoms with van der Waals surface area (Å²) < 4.78 is 28.0. The molecule has 9 nitrogen and oxygen atoms in total. The molecule has 1 aliphatic heterocycles. The Bertz CT molecular complexity index is 800. The standard InChI is InChI=1S/C11H11N5O4S/c17-16(18)9-4-1-2-5-10(9)21(19,20)15-7-3-6-14-11(15)12-8-13-14/h1-2,4-5,8H,3,6-7H2. The van der Waals surface area contributed by atoms with E-state index >= 15 is 0 Å². The average Bonchev–Trinajstić information content (AvgIpc) is 2.95. The van der Waals surface area contributed by atoms with E-state index < -0.39 is 20.6 Å². The van der Waals surface area contributed by atoms with Gasteiger partial charge in [0.05, 0.1) is 4.92 Å². The lowest BCUT2D eigenvalue weighted by Gasteiger charge is -2.26. The molecular formula is C11H11N5O4S. The highest BCUT2D eigenvalue weighted by atomic mass is 32.2. The normalized spacial score (nSPS) is 14.8. The monoisotopic (exact) mass is 309 g/mol. The summed E-state index contributed by atoms with van der Waals surface area (Å²) >= 11 is 0. The number of para-hydroxylation sites is 1. The highest BCUT2D eigenvalue weighted by molar-refractivity contribution is 7.93. The largest absolute Gasteiger partial charge is 0.289 e. The summed E-state index contributed by atoms with van der Waals surface area (Å²) in [4.78, 5) is 13.9. The van der Waals surface area contributed by atoms with Gasteiger partial charge in [0, 0.05) is 19.2 Å². The lowest BCUT2D eigenvalue weighted by atomic mass is 10.3. The number of rotatable bonds is 3. The number of fused-ring (bicyclic) bond motifs is 1. The van der Waals surface area contributed by atoms with Crippen LogP contribution in [0, 0.1) is 10.1 Å². The van der Waals surface area contributed by atoms with E-state index in [0.29, 0.717) is 13.0 Å². The molecule has 10 heteroatoms. The summed E-state index contributed by atoms with van der Waals surface area (Å²) in [6, 6.07) is 5.27. The summed E-state index contributed by atoms with van der Waals surface area (Å²) in [6.07, 6.45) is 1.83. The highest BCUT2D eigenvalue weighted by Gasteiger charge is 2.35. The molecule has 0 bridgehead atoms. The molecule has 0 saturated heterocycles. The second kappa shape index (κ2) is 4.81. The fourth-order valence-electron chi connectivity index (χ4n) is 2.25. The third-order valence-corrected chi connectivity index (χ3v) is 5.01. The smallest absolute Gasteiger partial charge is 0.258 e. The third kappa shape index (κ3) is 2.13. The summed E-state index contributed by atoms with van der Waals surface area (Å²) in [5, 5.41) is 15.0. The van der Waals surface area contributed by atoms with Crippen LogP contribution in [0.15, 0.2) is 35.5 Å². The molecular weight excluding hydrogens is 298 g/mol. The molecule has 0 fully saturated rings. The number of aryl methyl sites for hydroxylation is 1. The van der Waals surface area contributed by atoms with Gasteiger partial charge in [-0.3, -0.25) is 10.1 Å². The predicted molar refractivity (Wildman–Crippen MR) is 72.3 cm³/mol. The molecule has 0 spiro atoms. The van der Waals surface area contributed by atoms with Crippen molar-refractivity contribution in [1.29, 1.82) is 0 Å². The maximum Gasteiger partial charge on any atom is 0.289 e. The first-order chi connectivity index (χ1) is 10.0. The Morgan fingerprint density at radius 1 is 1.24 bits per heavy atom. The third-order valence-electron chi connectivity index (χ3n) is 3.18. The first-order valence-electron chi connectivity index (χ1n) is 6.16. The Balaban J connectivity index is 2.14. The van der Waals surface area contributed by atoms with E-state index in [4.69, 9.17) is 0 Å². The maximum atomic E-state index is 12.7. The predicted octanol–water partition coefficient (Wildman–Crippen LogP) is 0.785. The lowest BCUT2D eigenvalue weighted by Crippen LogP contribution is -2.38. The molecule has 2 aromatic rings. The van der Waals surface area contributed by atoms with Crippen molar-refractivity contribution >= 4 is 21.7 Å². The lowest BCUT2D eigenvalue weighted by molar-refractivity contribution is -0.387. The van der Waals surface area contributed by atoms with Crippen molar-refractivity contribution in [1.82, 2.24) is 14.8 Å². The van der Waals surface area contributed by atoms with E-state index in [0.717, 1.165) is 4.31 Å². The van der Waals surface area contributed by atoms with E-state index in [9.17, 15) is 18.5 Å². The van der Waals surface area contributed by atoms with Gasteiger partial charge in [-0.05, 0) is 12.5 Å². The summed E-state index contributed by atoms with van der Waals surface area (Å²) in [5.74, 6) is 0.180. The van der Waals surface area contributed by atoms with Gasteiger partial charge in [-0.2, -0.15) is 10.1 Å². The van der Waals surface area contributed by atoms with Crippen molar-refractivity contribution in [3.8, 4) is 0 Å². The van der Waals surface area contributed by atoms with E-state index in [-0.39, 0.29) is 17.4 Å². The number of nitro groups is 1. The number of benzene rings is 1. The fourth-order valence-corrected chi connectivity index (χ4v) is 3.87. The fraction of sp³-hybridized carbons (Fsp3) is 0.273. The molecule has 0 radical (unpaired) electrons. The Kier molecular flexibility index (Phi) is 3.09. The van der Waals surface area contributed by atoms with E-state index in [1.165, 1.54) is 35.3 Å². The van der Waals surface area contributed by atoms with Crippen molar-refractivity contribution in [3.63, 3.8) is 0 Å². The Morgan fingerprint density at radius 3 is 2.76 bits per heavy atom. The molecule has 2 heterocycles. The summed E-state index contributed by atoms with van der Waals surface area (Å²) in [5.41, 5.74) is -0.450. The minimum atomic E-state index is -4.05. The molecule has 0 saturated carbocycles. The van der Waals surface area contributed by atoms with Gasteiger partial charge in [-0.15, -0.1) is 0 Å². The molecule has 0 amide bonds. The number of anilines is 1. The van der Waals surface area contributed by atoms with Crippen LogP contribution in [0.3, 0.4) is 0 Å². The van der Waals surface area contributed by atoms with Crippen LogP contribution in [0.2, 0.25) is 0 Å². The van der Waals surface area contributed by atoms with Crippen LogP contribution < -0.4 is 4.31 Å². The molecule has 0 aliphatic carbocycles. The van der Waals surface area contributed by atoms with Gasteiger partial charge in [-0.1, -0.05) is 12.1 Å². The minimum Gasteiger partial charge on any atom is -0.258 e. The Hall–Kier alpha value is -2.49. The number of nitrogens with zero attached hydrogens (tertiary/aromatic N) is 5. The second-order valence-corrected chi connectivity index (χ2v) is 6.27. The number of nitro benzene ring substituents is 1. The van der Waals surface area contributed by atoms with Crippen molar-refractivity contribution in [2.45, 2.75) is 17.9 Å². The summed E-state index contributed by atoms with van der Waals surface area (Å²) in [7, 11) is -4.05. The molecule has 0 N–H and O–H groups in total. The second-order valence-electron chi connectivity index (χ2n) is 4.44. The SMILES string of the molecule is O=[N+]([O-])c1ccccc1S(=O)(=O)N1CCCn2ncnc21. The topological polar surface area (TPSA) is 111 Å². The zero-order valence-corrected chi connectivity index (χ0v) is 11.6. The zero-order chi connectivity index (χ0) is 15.0. The van der Waals surface area contributed by atoms with Gasteiger partial charge in [0.2, 0.25) is 5.95 Å². The van der Waals surface area contributed by atoms with Crippen LogP contribution in [0.4, 0.5) is 11.6 Å². The molecule has 0 unspecified atom stereocenters. The van der Waals surface area contributed by atoms with Gasteiger partial charge >= 0.3 is 0 Å². The van der Waals surface area contributed by atoms with Crippen LogP contribution in [-0.4, -0.2) is 34.7 Å². The molecule has 0 atom stereocenters.